The Balaban J connectivity index is 2.26. The number of anilines is 3. The predicted octanol–water partition coefficient (Wildman–Crippen LogP) is 3.61. The minimum absolute atomic E-state index is 0.0382. The number of carbonyl (C=O) groups excluding carboxylic acids is 1. The molecular weight excluding hydrogens is 252 g/mol. The smallest absolute Gasteiger partial charge is 0.161 e. The fraction of sp³-hybridized carbons (Fsp3) is 0.188. The lowest BCUT2D eigenvalue weighted by Crippen LogP contribution is -2.02. The molecule has 0 aliphatic heterocycles. The number of Topliss-reactive ketones (excluding diaryl/α,β-unsaturated/α-hetero) is 1. The molecule has 4 nitrogen and oxygen atoms in total. The summed E-state index contributed by atoms with van der Waals surface area (Å²) in [6.07, 6.45) is 0. The molecular formula is C16H18N2O2. The third-order valence-electron chi connectivity index (χ3n) is 2.90. The Morgan fingerprint density at radius 2 is 2.00 bits per heavy atom. The van der Waals surface area contributed by atoms with Crippen molar-refractivity contribution < 1.29 is 9.53 Å². The van der Waals surface area contributed by atoms with Gasteiger partial charge in [0.05, 0.1) is 12.3 Å². The number of ketones is 1. The molecule has 0 spiro atoms. The maximum atomic E-state index is 11.4. The van der Waals surface area contributed by atoms with E-state index in [9.17, 15) is 4.79 Å². The number of ether oxygens (including phenoxy) is 1. The lowest BCUT2D eigenvalue weighted by molar-refractivity contribution is 0.101. The maximum absolute atomic E-state index is 11.4. The molecule has 2 aromatic rings. The van der Waals surface area contributed by atoms with Crippen LogP contribution in [-0.4, -0.2) is 12.4 Å². The van der Waals surface area contributed by atoms with E-state index in [1.165, 1.54) is 6.92 Å². The Labute approximate surface area is 118 Å². The standard InChI is InChI=1S/C16H18N2O2/c1-3-20-16-7-5-4-6-15(16)18-12-8-9-13(11(2)19)14(17)10-12/h4-10,18H,3,17H2,1-2H3. The van der Waals surface area contributed by atoms with Crippen LogP contribution < -0.4 is 15.8 Å². The lowest BCUT2D eigenvalue weighted by atomic mass is 10.1. The first kappa shape index (κ1) is 13.9. The summed E-state index contributed by atoms with van der Waals surface area (Å²) in [4.78, 5) is 11.4. The van der Waals surface area contributed by atoms with Gasteiger partial charge >= 0.3 is 0 Å². The van der Waals surface area contributed by atoms with Crippen LogP contribution >= 0.6 is 0 Å². The lowest BCUT2D eigenvalue weighted by Gasteiger charge is -2.13. The third kappa shape index (κ3) is 3.09. The van der Waals surface area contributed by atoms with Crippen molar-refractivity contribution in [1.29, 1.82) is 0 Å². The molecule has 0 fully saturated rings. The van der Waals surface area contributed by atoms with Crippen molar-refractivity contribution in [1.82, 2.24) is 0 Å². The number of carbonyl (C=O) groups is 1. The number of benzene rings is 2. The summed E-state index contributed by atoms with van der Waals surface area (Å²) in [7, 11) is 0. The summed E-state index contributed by atoms with van der Waals surface area (Å²) in [6.45, 7) is 4.05. The Morgan fingerprint density at radius 3 is 2.65 bits per heavy atom. The van der Waals surface area contributed by atoms with Crippen LogP contribution in [0.3, 0.4) is 0 Å². The average molecular weight is 270 g/mol. The van der Waals surface area contributed by atoms with Crippen LogP contribution in [0, 0.1) is 0 Å². The summed E-state index contributed by atoms with van der Waals surface area (Å²) in [5.74, 6) is 0.744. The Bertz CT molecular complexity index is 624. The summed E-state index contributed by atoms with van der Waals surface area (Å²) in [5.41, 5.74) is 8.57. The molecule has 0 bridgehead atoms. The highest BCUT2D eigenvalue weighted by molar-refractivity contribution is 5.99. The van der Waals surface area contributed by atoms with Gasteiger partial charge in [-0.25, -0.2) is 0 Å². The highest BCUT2D eigenvalue weighted by Crippen LogP contribution is 2.28. The highest BCUT2D eigenvalue weighted by atomic mass is 16.5. The van der Waals surface area contributed by atoms with Crippen molar-refractivity contribution in [2.45, 2.75) is 13.8 Å². The van der Waals surface area contributed by atoms with Gasteiger partial charge in [0.2, 0.25) is 0 Å². The van der Waals surface area contributed by atoms with Crippen molar-refractivity contribution in [2.24, 2.45) is 0 Å². The number of hydrogen-bond donors (Lipinski definition) is 2. The number of hydrogen-bond acceptors (Lipinski definition) is 4. The molecule has 2 aromatic carbocycles. The Morgan fingerprint density at radius 1 is 1.25 bits per heavy atom. The van der Waals surface area contributed by atoms with E-state index in [4.69, 9.17) is 10.5 Å². The van der Waals surface area contributed by atoms with E-state index >= 15 is 0 Å². The monoisotopic (exact) mass is 270 g/mol. The molecule has 0 radical (unpaired) electrons. The number of para-hydroxylation sites is 2. The topological polar surface area (TPSA) is 64.3 Å². The highest BCUT2D eigenvalue weighted by Gasteiger charge is 2.07. The molecule has 0 amide bonds. The molecule has 0 aliphatic carbocycles. The molecule has 104 valence electrons. The van der Waals surface area contributed by atoms with E-state index in [-0.39, 0.29) is 5.78 Å². The minimum atomic E-state index is -0.0382. The number of nitrogens with two attached hydrogens (primary N) is 1. The van der Waals surface area contributed by atoms with E-state index in [0.29, 0.717) is 17.9 Å². The van der Waals surface area contributed by atoms with Crippen LogP contribution in [0.1, 0.15) is 24.2 Å². The molecule has 4 heteroatoms. The molecule has 0 atom stereocenters. The van der Waals surface area contributed by atoms with Gasteiger partial charge in [-0.15, -0.1) is 0 Å². The molecule has 0 aliphatic rings. The van der Waals surface area contributed by atoms with Gasteiger partial charge in [0.25, 0.3) is 0 Å². The third-order valence-corrected chi connectivity index (χ3v) is 2.90. The summed E-state index contributed by atoms with van der Waals surface area (Å²) >= 11 is 0. The van der Waals surface area contributed by atoms with Gasteiger partial charge in [0.15, 0.2) is 5.78 Å². The van der Waals surface area contributed by atoms with Crippen molar-refractivity contribution in [3.05, 3.63) is 48.0 Å². The van der Waals surface area contributed by atoms with Gasteiger partial charge in [0.1, 0.15) is 5.75 Å². The second kappa shape index (κ2) is 6.10. The van der Waals surface area contributed by atoms with Gasteiger partial charge in [-0.2, -0.15) is 0 Å². The summed E-state index contributed by atoms with van der Waals surface area (Å²) < 4.78 is 5.55. The molecule has 0 saturated heterocycles. The molecule has 0 aromatic heterocycles. The van der Waals surface area contributed by atoms with Crippen LogP contribution in [0.4, 0.5) is 17.1 Å². The second-order valence-electron chi connectivity index (χ2n) is 4.41. The van der Waals surface area contributed by atoms with Crippen LogP contribution in [-0.2, 0) is 0 Å². The quantitative estimate of drug-likeness (QED) is 0.643. The fourth-order valence-electron chi connectivity index (χ4n) is 1.97. The van der Waals surface area contributed by atoms with Crippen molar-refractivity contribution in [2.75, 3.05) is 17.7 Å². The van der Waals surface area contributed by atoms with E-state index in [2.05, 4.69) is 5.32 Å². The predicted molar refractivity (Wildman–Crippen MR) is 81.8 cm³/mol. The summed E-state index contributed by atoms with van der Waals surface area (Å²) in [5, 5.41) is 3.25. The van der Waals surface area contributed by atoms with Crippen LogP contribution in [0.15, 0.2) is 42.5 Å². The first-order chi connectivity index (χ1) is 9.61. The normalized spacial score (nSPS) is 10.1. The van der Waals surface area contributed by atoms with E-state index in [1.807, 2.05) is 37.3 Å². The molecule has 3 N–H and O–H groups in total. The van der Waals surface area contributed by atoms with Crippen LogP contribution in [0.2, 0.25) is 0 Å². The zero-order valence-electron chi connectivity index (χ0n) is 11.6. The minimum Gasteiger partial charge on any atom is -0.492 e. The SMILES string of the molecule is CCOc1ccccc1Nc1ccc(C(C)=O)c(N)c1. The molecule has 0 heterocycles. The maximum Gasteiger partial charge on any atom is 0.161 e. The molecule has 2 rings (SSSR count). The van der Waals surface area contributed by atoms with Crippen LogP contribution in [0.25, 0.3) is 0 Å². The van der Waals surface area contributed by atoms with Gasteiger partial charge in [-0.05, 0) is 44.2 Å². The number of rotatable bonds is 5. The largest absolute Gasteiger partial charge is 0.492 e. The first-order valence-corrected chi connectivity index (χ1v) is 6.51. The van der Waals surface area contributed by atoms with Crippen molar-refractivity contribution in [3.8, 4) is 5.75 Å². The van der Waals surface area contributed by atoms with Crippen molar-refractivity contribution >= 4 is 22.8 Å². The van der Waals surface area contributed by atoms with E-state index < -0.39 is 0 Å². The molecule has 0 saturated carbocycles. The van der Waals surface area contributed by atoms with Crippen molar-refractivity contribution in [3.63, 3.8) is 0 Å². The van der Waals surface area contributed by atoms with Gasteiger partial charge in [-0.3, -0.25) is 4.79 Å². The van der Waals surface area contributed by atoms with E-state index in [0.717, 1.165) is 17.1 Å². The summed E-state index contributed by atoms with van der Waals surface area (Å²) in [6, 6.07) is 13.0. The average Bonchev–Trinajstić information content (AvgIpc) is 2.41. The number of nitrogens with one attached hydrogen (secondary N) is 1. The molecule has 0 unspecified atom stereocenters. The van der Waals surface area contributed by atoms with Gasteiger partial charge < -0.3 is 15.8 Å². The van der Waals surface area contributed by atoms with Gasteiger partial charge in [0, 0.05) is 16.9 Å². The first-order valence-electron chi connectivity index (χ1n) is 6.51. The van der Waals surface area contributed by atoms with Crippen LogP contribution in [0.5, 0.6) is 5.75 Å². The molecule has 20 heavy (non-hydrogen) atoms. The Kier molecular flexibility index (Phi) is 4.25. The zero-order chi connectivity index (χ0) is 14.5. The fourth-order valence-corrected chi connectivity index (χ4v) is 1.97. The number of nitrogen functional groups attached to an aromatic ring is 1. The van der Waals surface area contributed by atoms with E-state index in [1.54, 1.807) is 12.1 Å². The van der Waals surface area contributed by atoms with Gasteiger partial charge in [-0.1, -0.05) is 12.1 Å². The zero-order valence-corrected chi connectivity index (χ0v) is 11.6. The Hall–Kier alpha value is -2.49. The second-order valence-corrected chi connectivity index (χ2v) is 4.41.